The highest BCUT2D eigenvalue weighted by molar-refractivity contribution is 9.10. The van der Waals surface area contributed by atoms with E-state index >= 15 is 0 Å². The fourth-order valence-electron chi connectivity index (χ4n) is 3.94. The second-order valence-corrected chi connectivity index (χ2v) is 7.86. The van der Waals surface area contributed by atoms with Crippen LogP contribution in [0.5, 0.6) is 5.75 Å². The van der Waals surface area contributed by atoms with Crippen molar-refractivity contribution in [2.75, 3.05) is 6.61 Å². The smallest absolute Gasteiger partial charge is 0.137 e. The van der Waals surface area contributed by atoms with Crippen molar-refractivity contribution in [1.29, 1.82) is 0 Å². The lowest BCUT2D eigenvalue weighted by molar-refractivity contribution is 0.193. The number of rotatable bonds is 6. The number of para-hydroxylation sites is 1. The molecule has 0 radical (unpaired) electrons. The van der Waals surface area contributed by atoms with Crippen LogP contribution in [0.15, 0.2) is 22.7 Å². The van der Waals surface area contributed by atoms with Crippen LogP contribution in [-0.2, 0) is 6.54 Å². The Kier molecular flexibility index (Phi) is 4.90. The third kappa shape index (κ3) is 3.62. The number of benzene rings is 1. The molecule has 0 heterocycles. The minimum absolute atomic E-state index is 0.488. The summed E-state index contributed by atoms with van der Waals surface area (Å²) >= 11 is 3.65. The van der Waals surface area contributed by atoms with Crippen molar-refractivity contribution < 1.29 is 4.74 Å². The maximum absolute atomic E-state index is 6.25. The van der Waals surface area contributed by atoms with Crippen LogP contribution < -0.4 is 10.1 Å². The number of hydrogen-bond donors (Lipinski definition) is 1. The average Bonchev–Trinajstić information content (AvgIpc) is 3.06. The molecule has 1 aromatic carbocycles. The van der Waals surface area contributed by atoms with E-state index in [1.165, 1.54) is 31.2 Å². The number of halogens is 1. The van der Waals surface area contributed by atoms with E-state index in [1.54, 1.807) is 0 Å². The molecule has 2 saturated carbocycles. The summed E-state index contributed by atoms with van der Waals surface area (Å²) < 4.78 is 7.33. The zero-order valence-corrected chi connectivity index (χ0v) is 14.7. The van der Waals surface area contributed by atoms with Crippen LogP contribution >= 0.6 is 15.9 Å². The van der Waals surface area contributed by atoms with Gasteiger partial charge in [-0.3, -0.25) is 0 Å². The molecule has 0 saturated heterocycles. The maximum atomic E-state index is 6.25. The molecular weight excluding hydrogens is 326 g/mol. The SMILES string of the molecule is CC(C)NCc1cccc(Br)c1OCC1CC2CCC1C2. The van der Waals surface area contributed by atoms with Crippen LogP contribution in [0.2, 0.25) is 0 Å². The minimum Gasteiger partial charge on any atom is -0.492 e. The van der Waals surface area contributed by atoms with Gasteiger partial charge in [-0.1, -0.05) is 32.4 Å². The summed E-state index contributed by atoms with van der Waals surface area (Å²) in [6, 6.07) is 6.82. The fraction of sp³-hybridized carbons (Fsp3) is 0.667. The van der Waals surface area contributed by atoms with Gasteiger partial charge in [0.15, 0.2) is 0 Å². The Labute approximate surface area is 136 Å². The average molecular weight is 352 g/mol. The summed E-state index contributed by atoms with van der Waals surface area (Å²) in [5.41, 5.74) is 1.25. The van der Waals surface area contributed by atoms with Gasteiger partial charge in [0.1, 0.15) is 5.75 Å². The molecule has 1 aromatic rings. The molecule has 3 atom stereocenters. The molecule has 21 heavy (non-hydrogen) atoms. The summed E-state index contributed by atoms with van der Waals surface area (Å²) in [7, 11) is 0. The first-order valence-electron chi connectivity index (χ1n) is 8.27. The van der Waals surface area contributed by atoms with Crippen molar-refractivity contribution in [1.82, 2.24) is 5.32 Å². The Morgan fingerprint density at radius 3 is 2.81 bits per heavy atom. The predicted octanol–water partition coefficient (Wildman–Crippen LogP) is 4.76. The van der Waals surface area contributed by atoms with Gasteiger partial charge in [-0.2, -0.15) is 0 Å². The van der Waals surface area contributed by atoms with Gasteiger partial charge < -0.3 is 10.1 Å². The highest BCUT2D eigenvalue weighted by Crippen LogP contribution is 2.48. The zero-order chi connectivity index (χ0) is 14.8. The van der Waals surface area contributed by atoms with Crippen molar-refractivity contribution in [3.8, 4) is 5.75 Å². The molecule has 2 aliphatic rings. The number of nitrogens with one attached hydrogen (secondary N) is 1. The van der Waals surface area contributed by atoms with Crippen LogP contribution in [0.1, 0.15) is 45.1 Å². The third-order valence-corrected chi connectivity index (χ3v) is 5.70. The lowest BCUT2D eigenvalue weighted by Gasteiger charge is -2.23. The van der Waals surface area contributed by atoms with Crippen molar-refractivity contribution in [3.05, 3.63) is 28.2 Å². The van der Waals surface area contributed by atoms with Crippen LogP contribution in [0, 0.1) is 17.8 Å². The third-order valence-electron chi connectivity index (χ3n) is 5.08. The van der Waals surface area contributed by atoms with Gasteiger partial charge in [-0.25, -0.2) is 0 Å². The lowest BCUT2D eigenvalue weighted by Crippen LogP contribution is -2.23. The molecule has 3 heteroatoms. The van der Waals surface area contributed by atoms with E-state index < -0.39 is 0 Å². The molecule has 0 amide bonds. The first-order valence-corrected chi connectivity index (χ1v) is 9.06. The van der Waals surface area contributed by atoms with Crippen LogP contribution in [-0.4, -0.2) is 12.6 Å². The standard InChI is InChI=1S/C18H26BrNO/c1-12(2)20-10-15-4-3-5-17(19)18(15)21-11-16-9-13-6-7-14(16)8-13/h3-5,12-14,16,20H,6-11H2,1-2H3. The maximum Gasteiger partial charge on any atom is 0.137 e. The summed E-state index contributed by atoms with van der Waals surface area (Å²) in [4.78, 5) is 0. The normalized spacial score (nSPS) is 27.5. The summed E-state index contributed by atoms with van der Waals surface area (Å²) in [6.07, 6.45) is 5.72. The molecule has 116 valence electrons. The van der Waals surface area contributed by atoms with Crippen LogP contribution in [0.3, 0.4) is 0 Å². The molecule has 0 aromatic heterocycles. The van der Waals surface area contributed by atoms with E-state index in [1.807, 2.05) is 0 Å². The first-order chi connectivity index (χ1) is 10.1. The Balaban J connectivity index is 1.63. The molecule has 2 nitrogen and oxygen atoms in total. The highest BCUT2D eigenvalue weighted by Gasteiger charge is 2.39. The second kappa shape index (κ2) is 6.70. The molecule has 2 bridgehead atoms. The van der Waals surface area contributed by atoms with Gasteiger partial charge in [-0.05, 0) is 59.0 Å². The Morgan fingerprint density at radius 2 is 2.14 bits per heavy atom. The van der Waals surface area contributed by atoms with Crippen molar-refractivity contribution in [2.24, 2.45) is 17.8 Å². The highest BCUT2D eigenvalue weighted by atomic mass is 79.9. The fourth-order valence-corrected chi connectivity index (χ4v) is 4.46. The van der Waals surface area contributed by atoms with Crippen molar-refractivity contribution in [3.63, 3.8) is 0 Å². The topological polar surface area (TPSA) is 21.3 Å². The van der Waals surface area contributed by atoms with Gasteiger partial charge in [-0.15, -0.1) is 0 Å². The van der Waals surface area contributed by atoms with Gasteiger partial charge in [0, 0.05) is 18.2 Å². The van der Waals surface area contributed by atoms with E-state index in [0.29, 0.717) is 6.04 Å². The summed E-state index contributed by atoms with van der Waals surface area (Å²) in [5, 5.41) is 3.48. The molecule has 3 rings (SSSR count). The number of ether oxygens (including phenoxy) is 1. The lowest BCUT2D eigenvalue weighted by atomic mass is 9.89. The zero-order valence-electron chi connectivity index (χ0n) is 13.1. The van der Waals surface area contributed by atoms with Gasteiger partial charge in [0.25, 0.3) is 0 Å². The van der Waals surface area contributed by atoms with E-state index in [4.69, 9.17) is 4.74 Å². The Morgan fingerprint density at radius 1 is 1.29 bits per heavy atom. The number of fused-ring (bicyclic) bond motifs is 2. The molecule has 2 fully saturated rings. The Hall–Kier alpha value is -0.540. The van der Waals surface area contributed by atoms with Crippen LogP contribution in [0.4, 0.5) is 0 Å². The van der Waals surface area contributed by atoms with Crippen molar-refractivity contribution in [2.45, 2.75) is 52.1 Å². The molecule has 2 aliphatic carbocycles. The quantitative estimate of drug-likeness (QED) is 0.797. The first kappa shape index (κ1) is 15.4. The minimum atomic E-state index is 0.488. The van der Waals surface area contributed by atoms with E-state index in [-0.39, 0.29) is 0 Å². The largest absolute Gasteiger partial charge is 0.492 e. The Bertz CT molecular complexity index is 488. The summed E-state index contributed by atoms with van der Waals surface area (Å²) in [6.45, 7) is 6.10. The molecule has 3 unspecified atom stereocenters. The molecule has 0 spiro atoms. The van der Waals surface area contributed by atoms with Gasteiger partial charge >= 0.3 is 0 Å². The molecule has 0 aliphatic heterocycles. The van der Waals surface area contributed by atoms with E-state index in [0.717, 1.165) is 41.1 Å². The van der Waals surface area contributed by atoms with E-state index in [2.05, 4.69) is 53.3 Å². The monoisotopic (exact) mass is 351 g/mol. The molecular formula is C18H26BrNO. The predicted molar refractivity (Wildman–Crippen MR) is 90.6 cm³/mol. The molecule has 1 N–H and O–H groups in total. The second-order valence-electron chi connectivity index (χ2n) is 7.01. The van der Waals surface area contributed by atoms with Gasteiger partial charge in [0.05, 0.1) is 11.1 Å². The van der Waals surface area contributed by atoms with E-state index in [9.17, 15) is 0 Å². The number of hydrogen-bond acceptors (Lipinski definition) is 2. The van der Waals surface area contributed by atoms with Crippen LogP contribution in [0.25, 0.3) is 0 Å². The van der Waals surface area contributed by atoms with Crippen molar-refractivity contribution >= 4 is 15.9 Å². The van der Waals surface area contributed by atoms with Gasteiger partial charge in [0.2, 0.25) is 0 Å². The summed E-state index contributed by atoms with van der Waals surface area (Å²) in [5.74, 6) is 3.73.